The number of benzene rings is 2. The lowest BCUT2D eigenvalue weighted by molar-refractivity contribution is -0.126. The predicted molar refractivity (Wildman–Crippen MR) is 128 cm³/mol. The third kappa shape index (κ3) is 6.55. The number of nitrogens with one attached hydrogen (secondary N) is 1. The Hall–Kier alpha value is -2.43. The minimum Gasteiger partial charge on any atom is -0.444 e. The number of nitrogens with zero attached hydrogens (tertiary/aromatic N) is 2. The molecule has 1 N–H and O–H groups in total. The highest BCUT2D eigenvalue weighted by atomic mass is 79.9. The Kier molecular flexibility index (Phi) is 7.81. The quantitative estimate of drug-likeness (QED) is 0.630. The topological polar surface area (TPSA) is 96.0 Å². The number of carbonyl (C=O) groups excluding carboxylic acids is 2. The van der Waals surface area contributed by atoms with Crippen molar-refractivity contribution in [3.63, 3.8) is 0 Å². The molecule has 2 amide bonds. The van der Waals surface area contributed by atoms with Crippen molar-refractivity contribution in [1.29, 1.82) is 0 Å². The lowest BCUT2D eigenvalue weighted by Gasteiger charge is -2.39. The molecule has 2 aromatic rings. The van der Waals surface area contributed by atoms with Crippen LogP contribution in [0.25, 0.3) is 0 Å². The van der Waals surface area contributed by atoms with E-state index >= 15 is 0 Å². The van der Waals surface area contributed by atoms with E-state index in [2.05, 4.69) is 21.2 Å². The van der Waals surface area contributed by atoms with Gasteiger partial charge in [-0.15, -0.1) is 0 Å². The summed E-state index contributed by atoms with van der Waals surface area (Å²) in [6.45, 7) is 5.49. The Balaban J connectivity index is 1.85. The number of sulfonamides is 1. The van der Waals surface area contributed by atoms with Gasteiger partial charge < -0.3 is 15.0 Å². The van der Waals surface area contributed by atoms with E-state index in [9.17, 15) is 18.0 Å². The lowest BCUT2D eigenvalue weighted by Crippen LogP contribution is -2.61. The molecule has 1 fully saturated rings. The van der Waals surface area contributed by atoms with E-state index in [1.54, 1.807) is 32.9 Å². The van der Waals surface area contributed by atoms with Crippen molar-refractivity contribution in [3.8, 4) is 0 Å². The molecular formula is C23H28BrN3O5S. The van der Waals surface area contributed by atoms with Gasteiger partial charge >= 0.3 is 6.09 Å². The number of carbonyl (C=O) groups is 2. The van der Waals surface area contributed by atoms with Crippen molar-refractivity contribution in [2.45, 2.75) is 43.9 Å². The first-order valence-corrected chi connectivity index (χ1v) is 12.8. The van der Waals surface area contributed by atoms with Crippen LogP contribution in [-0.4, -0.2) is 60.9 Å². The molecule has 0 aliphatic carbocycles. The van der Waals surface area contributed by atoms with E-state index in [4.69, 9.17) is 4.74 Å². The van der Waals surface area contributed by atoms with Gasteiger partial charge in [0.1, 0.15) is 11.6 Å². The molecule has 3 rings (SSSR count). The highest BCUT2D eigenvalue weighted by Crippen LogP contribution is 2.24. The van der Waals surface area contributed by atoms with E-state index in [0.717, 1.165) is 14.3 Å². The molecule has 0 spiro atoms. The van der Waals surface area contributed by atoms with Crippen LogP contribution >= 0.6 is 15.9 Å². The molecule has 1 aliphatic rings. The molecule has 0 aromatic heterocycles. The van der Waals surface area contributed by atoms with Crippen LogP contribution < -0.4 is 5.32 Å². The lowest BCUT2D eigenvalue weighted by atomic mass is 10.1. The van der Waals surface area contributed by atoms with Crippen LogP contribution in [0.1, 0.15) is 26.3 Å². The number of hydrogen-bond acceptors (Lipinski definition) is 5. The second-order valence-electron chi connectivity index (χ2n) is 8.72. The molecule has 0 bridgehead atoms. The van der Waals surface area contributed by atoms with E-state index < -0.39 is 33.7 Å². The van der Waals surface area contributed by atoms with Gasteiger partial charge in [-0.3, -0.25) is 4.79 Å². The summed E-state index contributed by atoms with van der Waals surface area (Å²) in [6, 6.07) is 14.5. The Morgan fingerprint density at radius 2 is 1.70 bits per heavy atom. The fourth-order valence-corrected chi connectivity index (χ4v) is 5.24. The van der Waals surface area contributed by atoms with Gasteiger partial charge in [-0.25, -0.2) is 13.2 Å². The highest BCUT2D eigenvalue weighted by molar-refractivity contribution is 9.10. The Labute approximate surface area is 203 Å². The largest absolute Gasteiger partial charge is 0.444 e. The van der Waals surface area contributed by atoms with Crippen molar-refractivity contribution >= 4 is 38.0 Å². The standard InChI is InChI=1S/C23H28BrN3O5S/c1-23(2,3)32-22(29)26-13-14-27(33(30,31)19-11-9-18(24)10-12-19)20(16-26)21(28)25-15-17-7-5-4-6-8-17/h4-12,20H,13-16H2,1-3H3,(H,25,28). The Morgan fingerprint density at radius 3 is 2.30 bits per heavy atom. The Morgan fingerprint density at radius 1 is 1.06 bits per heavy atom. The zero-order valence-corrected chi connectivity index (χ0v) is 21.2. The molecule has 1 unspecified atom stereocenters. The number of piperazine rings is 1. The van der Waals surface area contributed by atoms with Crippen LogP contribution in [0.4, 0.5) is 4.79 Å². The smallest absolute Gasteiger partial charge is 0.410 e. The van der Waals surface area contributed by atoms with Crippen LogP contribution in [0.5, 0.6) is 0 Å². The average Bonchev–Trinajstić information content (AvgIpc) is 2.77. The SMILES string of the molecule is CC(C)(C)OC(=O)N1CCN(S(=O)(=O)c2ccc(Br)cc2)C(C(=O)NCc2ccccc2)C1. The monoisotopic (exact) mass is 537 g/mol. The van der Waals surface area contributed by atoms with Crippen LogP contribution in [-0.2, 0) is 26.1 Å². The summed E-state index contributed by atoms with van der Waals surface area (Å²) < 4.78 is 34.1. The first-order valence-electron chi connectivity index (χ1n) is 10.5. The number of amides is 2. The number of halogens is 1. The second kappa shape index (κ2) is 10.2. The molecule has 1 saturated heterocycles. The molecule has 33 heavy (non-hydrogen) atoms. The maximum absolute atomic E-state index is 13.4. The number of rotatable bonds is 5. The summed E-state index contributed by atoms with van der Waals surface area (Å²) in [7, 11) is -3.97. The summed E-state index contributed by atoms with van der Waals surface area (Å²) in [6.07, 6.45) is -0.580. The van der Waals surface area contributed by atoms with Gasteiger partial charge in [0.2, 0.25) is 15.9 Å². The van der Waals surface area contributed by atoms with E-state index in [0.29, 0.717) is 0 Å². The molecular weight excluding hydrogens is 510 g/mol. The van der Waals surface area contributed by atoms with Gasteiger partial charge in [0, 0.05) is 30.7 Å². The van der Waals surface area contributed by atoms with Gasteiger partial charge in [0.05, 0.1) is 4.90 Å². The molecule has 1 atom stereocenters. The van der Waals surface area contributed by atoms with Gasteiger partial charge in [0.25, 0.3) is 0 Å². The third-order valence-electron chi connectivity index (χ3n) is 5.02. The fraction of sp³-hybridized carbons (Fsp3) is 0.391. The van der Waals surface area contributed by atoms with Gasteiger partial charge in [-0.1, -0.05) is 46.3 Å². The van der Waals surface area contributed by atoms with Gasteiger partial charge in [-0.2, -0.15) is 4.31 Å². The van der Waals surface area contributed by atoms with Crippen molar-refractivity contribution < 1.29 is 22.7 Å². The third-order valence-corrected chi connectivity index (χ3v) is 7.47. The maximum Gasteiger partial charge on any atom is 0.410 e. The predicted octanol–water partition coefficient (Wildman–Crippen LogP) is 3.38. The normalized spacial score (nSPS) is 17.5. The summed E-state index contributed by atoms with van der Waals surface area (Å²) in [4.78, 5) is 27.2. The van der Waals surface area contributed by atoms with E-state index in [-0.39, 0.29) is 31.1 Å². The summed E-state index contributed by atoms with van der Waals surface area (Å²) in [5.74, 6) is -0.479. The highest BCUT2D eigenvalue weighted by Gasteiger charge is 2.42. The summed E-state index contributed by atoms with van der Waals surface area (Å²) >= 11 is 3.30. The average molecular weight is 538 g/mol. The first kappa shape index (κ1) is 25.2. The summed E-state index contributed by atoms with van der Waals surface area (Å²) in [5, 5.41) is 2.81. The van der Waals surface area contributed by atoms with Crippen molar-refractivity contribution in [2.24, 2.45) is 0 Å². The zero-order valence-electron chi connectivity index (χ0n) is 18.8. The number of ether oxygens (including phenoxy) is 1. The molecule has 0 saturated carbocycles. The van der Waals surface area contributed by atoms with Gasteiger partial charge in [-0.05, 0) is 50.6 Å². The minimum atomic E-state index is -3.97. The van der Waals surface area contributed by atoms with Crippen molar-refractivity contribution in [1.82, 2.24) is 14.5 Å². The molecule has 178 valence electrons. The Bertz CT molecular complexity index is 1090. The minimum absolute atomic E-state index is 0.0267. The van der Waals surface area contributed by atoms with Crippen LogP contribution in [0.2, 0.25) is 0 Å². The van der Waals surface area contributed by atoms with Crippen molar-refractivity contribution in [2.75, 3.05) is 19.6 Å². The second-order valence-corrected chi connectivity index (χ2v) is 11.5. The zero-order chi connectivity index (χ0) is 24.2. The fourth-order valence-electron chi connectivity index (χ4n) is 3.40. The maximum atomic E-state index is 13.4. The van der Waals surface area contributed by atoms with Crippen LogP contribution in [0.3, 0.4) is 0 Å². The van der Waals surface area contributed by atoms with E-state index in [1.807, 2.05) is 30.3 Å². The van der Waals surface area contributed by atoms with Crippen LogP contribution in [0.15, 0.2) is 64.0 Å². The van der Waals surface area contributed by atoms with Crippen molar-refractivity contribution in [3.05, 3.63) is 64.6 Å². The molecule has 0 radical (unpaired) electrons. The molecule has 1 aliphatic heterocycles. The number of hydrogen-bond donors (Lipinski definition) is 1. The molecule has 1 heterocycles. The van der Waals surface area contributed by atoms with E-state index in [1.165, 1.54) is 17.0 Å². The van der Waals surface area contributed by atoms with Crippen LogP contribution in [0, 0.1) is 0 Å². The summed E-state index contributed by atoms with van der Waals surface area (Å²) in [5.41, 5.74) is 0.177. The first-order chi connectivity index (χ1) is 15.5. The molecule has 2 aromatic carbocycles. The molecule has 8 nitrogen and oxygen atoms in total. The molecule has 10 heteroatoms. The van der Waals surface area contributed by atoms with Gasteiger partial charge in [0.15, 0.2) is 0 Å².